The van der Waals surface area contributed by atoms with Crippen molar-refractivity contribution in [3.05, 3.63) is 53.6 Å². The number of benzene rings is 2. The SMILES string of the molecule is CC.Cc1ccc(/C(N)=N/Nc2ccc(OC(F)(F)F)cc2)cc1P. The molecule has 8 heteroatoms. The number of halogens is 3. The van der Waals surface area contributed by atoms with Gasteiger partial charge in [0.2, 0.25) is 0 Å². The fourth-order valence-corrected chi connectivity index (χ4v) is 2.00. The summed E-state index contributed by atoms with van der Waals surface area (Å²) in [4.78, 5) is 0. The summed E-state index contributed by atoms with van der Waals surface area (Å²) in [5.41, 5.74) is 10.9. The Bertz CT molecular complexity index is 716. The Hall–Kier alpha value is -2.27. The molecule has 0 aromatic heterocycles. The van der Waals surface area contributed by atoms with Crippen LogP contribution >= 0.6 is 9.24 Å². The van der Waals surface area contributed by atoms with Crippen LogP contribution in [0.5, 0.6) is 5.75 Å². The van der Waals surface area contributed by atoms with Gasteiger partial charge in [0.1, 0.15) is 5.75 Å². The highest BCUT2D eigenvalue weighted by molar-refractivity contribution is 7.27. The van der Waals surface area contributed by atoms with Crippen molar-refractivity contribution < 1.29 is 17.9 Å². The minimum Gasteiger partial charge on any atom is -0.406 e. The molecule has 0 heterocycles. The van der Waals surface area contributed by atoms with Gasteiger partial charge in [-0.2, -0.15) is 5.10 Å². The Balaban J connectivity index is 0.00000151. The van der Waals surface area contributed by atoms with Crippen LogP contribution in [0.15, 0.2) is 47.6 Å². The van der Waals surface area contributed by atoms with Crippen molar-refractivity contribution >= 4 is 26.1 Å². The highest BCUT2D eigenvalue weighted by atomic mass is 31.0. The van der Waals surface area contributed by atoms with Gasteiger partial charge in [0.25, 0.3) is 0 Å². The normalized spacial score (nSPS) is 11.4. The van der Waals surface area contributed by atoms with E-state index in [1.165, 1.54) is 24.3 Å². The minimum absolute atomic E-state index is 0.268. The van der Waals surface area contributed by atoms with Crippen molar-refractivity contribution in [3.63, 3.8) is 0 Å². The van der Waals surface area contributed by atoms with Gasteiger partial charge in [-0.05, 0) is 48.1 Å². The molecule has 0 spiro atoms. The largest absolute Gasteiger partial charge is 0.573 e. The predicted molar refractivity (Wildman–Crippen MR) is 99.3 cm³/mol. The number of hydrogen-bond donors (Lipinski definition) is 2. The maximum Gasteiger partial charge on any atom is 0.573 e. The van der Waals surface area contributed by atoms with Crippen molar-refractivity contribution in [2.75, 3.05) is 5.43 Å². The molecule has 3 N–H and O–H groups in total. The first kappa shape index (κ1) is 20.8. The van der Waals surface area contributed by atoms with Crippen LogP contribution in [0.2, 0.25) is 0 Å². The summed E-state index contributed by atoms with van der Waals surface area (Å²) in [5.74, 6) is -0.0319. The summed E-state index contributed by atoms with van der Waals surface area (Å²) in [6, 6.07) is 10.8. The average molecular weight is 371 g/mol. The number of hydrogen-bond acceptors (Lipinski definition) is 3. The molecular formula is C17H21F3N3OP. The standard InChI is InChI=1S/C15H15F3N3OP.C2H6/c1-9-2-3-10(8-13(9)23)14(19)21-20-11-4-6-12(7-5-11)22-15(16,17)18;1-2/h2-8,20H,23H2,1H3,(H2,19,21);1-2H3. The zero-order valence-corrected chi connectivity index (χ0v) is 15.3. The summed E-state index contributed by atoms with van der Waals surface area (Å²) in [5, 5.41) is 5.02. The molecule has 1 unspecified atom stereocenters. The average Bonchev–Trinajstić information content (AvgIpc) is 2.57. The van der Waals surface area contributed by atoms with E-state index in [2.05, 4.69) is 24.5 Å². The van der Waals surface area contributed by atoms with Gasteiger partial charge in [-0.25, -0.2) is 0 Å². The highest BCUT2D eigenvalue weighted by Crippen LogP contribution is 2.23. The number of ether oxygens (including phenoxy) is 1. The van der Waals surface area contributed by atoms with E-state index in [0.29, 0.717) is 5.69 Å². The Morgan fingerprint density at radius 3 is 2.24 bits per heavy atom. The van der Waals surface area contributed by atoms with Crippen molar-refractivity contribution in [1.29, 1.82) is 0 Å². The number of nitrogens with one attached hydrogen (secondary N) is 1. The maximum absolute atomic E-state index is 12.1. The molecule has 1 atom stereocenters. The lowest BCUT2D eigenvalue weighted by Gasteiger charge is -2.09. The lowest BCUT2D eigenvalue weighted by Crippen LogP contribution is -2.17. The topological polar surface area (TPSA) is 59.6 Å². The second kappa shape index (κ2) is 9.28. The van der Waals surface area contributed by atoms with Gasteiger partial charge in [-0.1, -0.05) is 26.0 Å². The number of anilines is 1. The van der Waals surface area contributed by atoms with Crippen LogP contribution in [-0.4, -0.2) is 12.2 Å². The first-order valence-electron chi connectivity index (χ1n) is 7.56. The second-order valence-electron chi connectivity index (χ2n) is 4.75. The van der Waals surface area contributed by atoms with Crippen LogP contribution < -0.4 is 21.2 Å². The Labute approximate surface area is 147 Å². The molecule has 0 radical (unpaired) electrons. The van der Waals surface area contributed by atoms with Crippen LogP contribution in [0.1, 0.15) is 25.0 Å². The molecule has 2 aromatic rings. The fourth-order valence-electron chi connectivity index (χ4n) is 1.72. The second-order valence-corrected chi connectivity index (χ2v) is 5.37. The molecule has 0 amide bonds. The van der Waals surface area contributed by atoms with Crippen LogP contribution in [0, 0.1) is 6.92 Å². The maximum atomic E-state index is 12.1. The van der Waals surface area contributed by atoms with Gasteiger partial charge in [-0.3, -0.25) is 5.43 Å². The van der Waals surface area contributed by atoms with Crippen molar-refractivity contribution in [2.24, 2.45) is 10.8 Å². The van der Waals surface area contributed by atoms with Crippen LogP contribution in [0.4, 0.5) is 18.9 Å². The van der Waals surface area contributed by atoms with Crippen LogP contribution in [0.3, 0.4) is 0 Å². The van der Waals surface area contributed by atoms with Crippen molar-refractivity contribution in [2.45, 2.75) is 27.1 Å². The van der Waals surface area contributed by atoms with E-state index in [1.807, 2.05) is 39.0 Å². The lowest BCUT2D eigenvalue weighted by molar-refractivity contribution is -0.274. The van der Waals surface area contributed by atoms with E-state index in [-0.39, 0.29) is 11.6 Å². The third-order valence-corrected chi connectivity index (χ3v) is 3.59. The number of amidine groups is 1. The van der Waals surface area contributed by atoms with Gasteiger partial charge in [0.15, 0.2) is 5.84 Å². The molecular weight excluding hydrogens is 350 g/mol. The molecule has 0 saturated carbocycles. The first-order valence-corrected chi connectivity index (χ1v) is 8.14. The molecule has 0 fully saturated rings. The monoisotopic (exact) mass is 371 g/mol. The summed E-state index contributed by atoms with van der Waals surface area (Å²) in [6.07, 6.45) is -4.71. The Morgan fingerprint density at radius 1 is 1.12 bits per heavy atom. The Morgan fingerprint density at radius 2 is 1.72 bits per heavy atom. The summed E-state index contributed by atoms with van der Waals surface area (Å²) in [7, 11) is 2.61. The van der Waals surface area contributed by atoms with E-state index in [1.54, 1.807) is 0 Å². The number of nitrogens with two attached hydrogens (primary N) is 1. The van der Waals surface area contributed by atoms with E-state index >= 15 is 0 Å². The third-order valence-electron chi connectivity index (χ3n) is 2.97. The number of aryl methyl sites for hydroxylation is 1. The smallest absolute Gasteiger partial charge is 0.406 e. The zero-order chi connectivity index (χ0) is 19.0. The van der Waals surface area contributed by atoms with Gasteiger partial charge >= 0.3 is 6.36 Å². The molecule has 2 rings (SSSR count). The Kier molecular flexibility index (Phi) is 7.71. The van der Waals surface area contributed by atoms with E-state index in [9.17, 15) is 13.2 Å². The van der Waals surface area contributed by atoms with E-state index in [4.69, 9.17) is 5.73 Å². The third kappa shape index (κ3) is 7.01. The molecule has 0 aliphatic rings. The molecule has 0 bridgehead atoms. The molecule has 0 aliphatic heterocycles. The predicted octanol–water partition coefficient (Wildman–Crippen LogP) is 4.15. The quantitative estimate of drug-likeness (QED) is 0.367. The molecule has 4 nitrogen and oxygen atoms in total. The van der Waals surface area contributed by atoms with Gasteiger partial charge in [0, 0.05) is 5.56 Å². The van der Waals surface area contributed by atoms with E-state index < -0.39 is 6.36 Å². The molecule has 136 valence electrons. The number of nitrogens with zero attached hydrogens (tertiary/aromatic N) is 1. The van der Waals surface area contributed by atoms with Gasteiger partial charge in [0.05, 0.1) is 5.69 Å². The van der Waals surface area contributed by atoms with Crippen LogP contribution in [0.25, 0.3) is 0 Å². The fraction of sp³-hybridized carbons (Fsp3) is 0.235. The van der Waals surface area contributed by atoms with E-state index in [0.717, 1.165) is 16.4 Å². The highest BCUT2D eigenvalue weighted by Gasteiger charge is 2.30. The van der Waals surface area contributed by atoms with Gasteiger partial charge < -0.3 is 10.5 Å². The van der Waals surface area contributed by atoms with Crippen molar-refractivity contribution in [3.8, 4) is 5.75 Å². The number of hydrazone groups is 1. The first-order chi connectivity index (χ1) is 11.7. The summed E-state index contributed by atoms with van der Waals surface area (Å²) >= 11 is 0. The minimum atomic E-state index is -4.71. The van der Waals surface area contributed by atoms with Crippen LogP contribution in [-0.2, 0) is 0 Å². The van der Waals surface area contributed by atoms with Crippen molar-refractivity contribution in [1.82, 2.24) is 0 Å². The number of alkyl halides is 3. The molecule has 2 aromatic carbocycles. The molecule has 0 aliphatic carbocycles. The number of rotatable bonds is 4. The summed E-state index contributed by atoms with van der Waals surface area (Å²) in [6.45, 7) is 5.97. The molecule has 0 saturated heterocycles. The van der Waals surface area contributed by atoms with Gasteiger partial charge in [-0.15, -0.1) is 22.4 Å². The molecule has 25 heavy (non-hydrogen) atoms. The lowest BCUT2D eigenvalue weighted by atomic mass is 10.1. The zero-order valence-electron chi connectivity index (χ0n) is 14.2. The summed E-state index contributed by atoms with van der Waals surface area (Å²) < 4.78 is 40.0.